The van der Waals surface area contributed by atoms with Crippen LogP contribution in [0.5, 0.6) is 0 Å². The number of benzene rings is 1. The molecule has 0 amide bonds. The molecule has 1 aromatic carbocycles. The minimum Gasteiger partial charge on any atom is -0.314 e. The molecule has 0 saturated carbocycles. The second-order valence-electron chi connectivity index (χ2n) is 5.33. The van der Waals surface area contributed by atoms with E-state index in [1.165, 1.54) is 24.5 Å². The average molecular weight is 319 g/mol. The first-order valence-electron chi connectivity index (χ1n) is 7.17. The highest BCUT2D eigenvalue weighted by atomic mass is 32.2. The maximum atomic E-state index is 13.7. The summed E-state index contributed by atoms with van der Waals surface area (Å²) < 4.78 is 49.7. The van der Waals surface area contributed by atoms with Crippen molar-refractivity contribution in [2.24, 2.45) is 0 Å². The molecule has 1 rings (SSSR count). The van der Waals surface area contributed by atoms with Gasteiger partial charge in [-0.2, -0.15) is 0 Å². The molecule has 0 aromatic heterocycles. The van der Waals surface area contributed by atoms with E-state index in [4.69, 9.17) is 0 Å². The van der Waals surface area contributed by atoms with Gasteiger partial charge in [-0.15, -0.1) is 0 Å². The molecule has 1 unspecified atom stereocenters. The van der Waals surface area contributed by atoms with Crippen LogP contribution in [-0.4, -0.2) is 33.0 Å². The predicted octanol–water partition coefficient (Wildman–Crippen LogP) is 2.70. The zero-order valence-electron chi connectivity index (χ0n) is 12.5. The third kappa shape index (κ3) is 7.00. The zero-order valence-corrected chi connectivity index (χ0v) is 13.3. The molecule has 0 radical (unpaired) electrons. The molecule has 120 valence electrons. The van der Waals surface area contributed by atoms with E-state index in [-0.39, 0.29) is 23.8 Å². The third-order valence-electron chi connectivity index (χ3n) is 3.26. The molecule has 3 nitrogen and oxygen atoms in total. The summed E-state index contributed by atoms with van der Waals surface area (Å²) in [5.74, 6) is -1.01. The van der Waals surface area contributed by atoms with E-state index in [0.29, 0.717) is 12.8 Å². The van der Waals surface area contributed by atoms with Crippen LogP contribution in [0, 0.1) is 11.6 Å². The second-order valence-corrected chi connectivity index (χ2v) is 7.59. The van der Waals surface area contributed by atoms with Crippen LogP contribution in [0.3, 0.4) is 0 Å². The van der Waals surface area contributed by atoms with Gasteiger partial charge < -0.3 is 5.32 Å². The molecule has 0 saturated heterocycles. The smallest absolute Gasteiger partial charge is 0.147 e. The first-order chi connectivity index (χ1) is 9.83. The lowest BCUT2D eigenvalue weighted by atomic mass is 10.0. The maximum absolute atomic E-state index is 13.7. The van der Waals surface area contributed by atoms with Crippen molar-refractivity contribution in [1.29, 1.82) is 0 Å². The van der Waals surface area contributed by atoms with Crippen molar-refractivity contribution in [3.05, 3.63) is 35.4 Å². The van der Waals surface area contributed by atoms with Gasteiger partial charge in [0.25, 0.3) is 0 Å². The largest absolute Gasteiger partial charge is 0.314 e. The Morgan fingerprint density at radius 3 is 2.38 bits per heavy atom. The van der Waals surface area contributed by atoms with Crippen LogP contribution in [0.25, 0.3) is 0 Å². The fourth-order valence-corrected chi connectivity index (χ4v) is 2.88. The molecule has 0 fully saturated rings. The fourth-order valence-electron chi connectivity index (χ4n) is 2.19. The van der Waals surface area contributed by atoms with Gasteiger partial charge in [0, 0.05) is 23.6 Å². The summed E-state index contributed by atoms with van der Waals surface area (Å²) >= 11 is 0. The first kappa shape index (κ1) is 18.0. The number of hydrogen-bond donors (Lipinski definition) is 1. The monoisotopic (exact) mass is 319 g/mol. The van der Waals surface area contributed by atoms with Crippen LogP contribution in [-0.2, 0) is 16.3 Å². The minimum absolute atomic E-state index is 0.0606. The van der Waals surface area contributed by atoms with Gasteiger partial charge >= 0.3 is 0 Å². The lowest BCUT2D eigenvalue weighted by Crippen LogP contribution is -2.33. The molecule has 0 aliphatic carbocycles. The number of rotatable bonds is 9. The van der Waals surface area contributed by atoms with Gasteiger partial charge in [0.15, 0.2) is 0 Å². The Labute approximate surface area is 125 Å². The van der Waals surface area contributed by atoms with Crippen LogP contribution in [0.1, 0.15) is 31.7 Å². The van der Waals surface area contributed by atoms with E-state index < -0.39 is 21.5 Å². The Balaban J connectivity index is 2.69. The normalized spacial score (nSPS) is 13.3. The summed E-state index contributed by atoms with van der Waals surface area (Å²) in [6.45, 7) is 2.74. The Morgan fingerprint density at radius 1 is 1.24 bits per heavy atom. The fraction of sp³-hybridized carbons (Fsp3) is 0.600. The van der Waals surface area contributed by atoms with Crippen molar-refractivity contribution in [3.63, 3.8) is 0 Å². The lowest BCUT2D eigenvalue weighted by molar-refractivity contribution is 0.451. The molecule has 1 aromatic rings. The van der Waals surface area contributed by atoms with Gasteiger partial charge in [0.1, 0.15) is 21.5 Å². The Bertz CT molecular complexity index is 526. The van der Waals surface area contributed by atoms with Crippen molar-refractivity contribution >= 4 is 9.84 Å². The van der Waals surface area contributed by atoms with E-state index in [9.17, 15) is 17.2 Å². The summed E-state index contributed by atoms with van der Waals surface area (Å²) in [5.41, 5.74) is 0.0606. The van der Waals surface area contributed by atoms with Gasteiger partial charge in [-0.1, -0.05) is 13.0 Å². The van der Waals surface area contributed by atoms with Crippen molar-refractivity contribution in [1.82, 2.24) is 5.32 Å². The van der Waals surface area contributed by atoms with Crippen LogP contribution >= 0.6 is 0 Å². The van der Waals surface area contributed by atoms with Gasteiger partial charge in [-0.25, -0.2) is 17.2 Å². The number of nitrogens with one attached hydrogen (secondary N) is 1. The summed E-state index contributed by atoms with van der Waals surface area (Å²) in [6, 6.07) is 3.70. The molecule has 6 heteroatoms. The van der Waals surface area contributed by atoms with Crippen molar-refractivity contribution in [2.75, 3.05) is 18.6 Å². The molecular formula is C15H23F2NO2S. The zero-order chi connectivity index (χ0) is 15.9. The molecular weight excluding hydrogens is 296 g/mol. The predicted molar refractivity (Wildman–Crippen MR) is 81.1 cm³/mol. The van der Waals surface area contributed by atoms with Crippen molar-refractivity contribution in [3.8, 4) is 0 Å². The van der Waals surface area contributed by atoms with Crippen LogP contribution in [0.2, 0.25) is 0 Å². The van der Waals surface area contributed by atoms with Crippen LogP contribution in [0.15, 0.2) is 18.2 Å². The number of sulfone groups is 1. The second kappa shape index (κ2) is 8.44. The van der Waals surface area contributed by atoms with Crippen molar-refractivity contribution in [2.45, 2.75) is 38.6 Å². The first-order valence-corrected chi connectivity index (χ1v) is 9.23. The van der Waals surface area contributed by atoms with Gasteiger partial charge in [-0.05, 0) is 44.4 Å². The van der Waals surface area contributed by atoms with Gasteiger partial charge in [0.2, 0.25) is 0 Å². The highest BCUT2D eigenvalue weighted by Gasteiger charge is 2.16. The Morgan fingerprint density at radius 2 is 1.86 bits per heavy atom. The minimum atomic E-state index is -3.01. The molecule has 0 bridgehead atoms. The summed E-state index contributed by atoms with van der Waals surface area (Å²) in [6.07, 6.45) is 3.37. The molecule has 0 aliphatic rings. The molecule has 1 atom stereocenters. The van der Waals surface area contributed by atoms with Gasteiger partial charge in [-0.3, -0.25) is 0 Å². The van der Waals surface area contributed by atoms with E-state index in [0.717, 1.165) is 13.0 Å². The quantitative estimate of drug-likeness (QED) is 0.761. The van der Waals surface area contributed by atoms with E-state index in [1.54, 1.807) is 0 Å². The average Bonchev–Trinajstić information content (AvgIpc) is 2.38. The standard InChI is InChI=1S/C15H23F2NO2S/c1-3-9-18-12(6-5-10-21(2,19)20)11-13-14(16)7-4-8-15(13)17/h4,7-8,12,18H,3,5-6,9-11H2,1-2H3. The highest BCUT2D eigenvalue weighted by Crippen LogP contribution is 2.16. The number of hydrogen-bond acceptors (Lipinski definition) is 3. The van der Waals surface area contributed by atoms with E-state index in [2.05, 4.69) is 5.32 Å². The van der Waals surface area contributed by atoms with E-state index >= 15 is 0 Å². The Kier molecular flexibility index (Phi) is 7.25. The molecule has 0 heterocycles. The number of halogens is 2. The van der Waals surface area contributed by atoms with Crippen molar-refractivity contribution < 1.29 is 17.2 Å². The molecule has 0 aliphatic heterocycles. The molecule has 21 heavy (non-hydrogen) atoms. The SMILES string of the molecule is CCCNC(CCCS(C)(=O)=O)Cc1c(F)cccc1F. The lowest BCUT2D eigenvalue weighted by Gasteiger charge is -2.19. The highest BCUT2D eigenvalue weighted by molar-refractivity contribution is 7.90. The van der Waals surface area contributed by atoms with Crippen LogP contribution < -0.4 is 5.32 Å². The summed E-state index contributed by atoms with van der Waals surface area (Å²) in [5, 5.41) is 3.23. The topological polar surface area (TPSA) is 46.2 Å². The summed E-state index contributed by atoms with van der Waals surface area (Å²) in [7, 11) is -3.01. The van der Waals surface area contributed by atoms with E-state index in [1.807, 2.05) is 6.92 Å². The van der Waals surface area contributed by atoms with Gasteiger partial charge in [0.05, 0.1) is 0 Å². The molecule has 0 spiro atoms. The molecule has 1 N–H and O–H groups in total. The Hall–Kier alpha value is -1.01. The maximum Gasteiger partial charge on any atom is 0.147 e. The summed E-state index contributed by atoms with van der Waals surface area (Å²) in [4.78, 5) is 0. The third-order valence-corrected chi connectivity index (χ3v) is 4.29. The van der Waals surface area contributed by atoms with Crippen LogP contribution in [0.4, 0.5) is 8.78 Å².